The fraction of sp³-hybridized carbons (Fsp3) is 0.321. The van der Waals surface area contributed by atoms with Gasteiger partial charge in [-0.2, -0.15) is 0 Å². The first-order valence-corrected chi connectivity index (χ1v) is 12.3. The Balaban J connectivity index is 1.80. The Kier molecular flexibility index (Phi) is 7.59. The van der Waals surface area contributed by atoms with Crippen molar-refractivity contribution in [3.05, 3.63) is 75.6 Å². The summed E-state index contributed by atoms with van der Waals surface area (Å²) < 4.78 is 15.7. The third kappa shape index (κ3) is 4.69. The van der Waals surface area contributed by atoms with Crippen LogP contribution in [-0.4, -0.2) is 43.5 Å². The number of methoxy groups -OCH3 is 2. The standard InChI is InChI=1S/C28H28ClNO7/c1-5-37-28(34)18-12-16(15-9-7-6-8-10-15)22-17(30-18)11-14(2)21(25(22)31)26(32)23-19(35-3)13-20(36-4)24(29)27(23)33/h6-10,12-14,16,21,30,33H,5,11H2,1-4H3. The largest absolute Gasteiger partial charge is 0.505 e. The van der Waals surface area contributed by atoms with Crippen LogP contribution >= 0.6 is 11.6 Å². The topological polar surface area (TPSA) is 111 Å². The van der Waals surface area contributed by atoms with Gasteiger partial charge in [0.05, 0.1) is 26.7 Å². The van der Waals surface area contributed by atoms with E-state index in [1.807, 2.05) is 30.3 Å². The first-order valence-electron chi connectivity index (χ1n) is 11.9. The molecule has 0 amide bonds. The smallest absolute Gasteiger partial charge is 0.354 e. The van der Waals surface area contributed by atoms with Crippen molar-refractivity contribution in [3.8, 4) is 17.2 Å². The zero-order chi connectivity index (χ0) is 26.9. The Morgan fingerprint density at radius 2 is 1.81 bits per heavy atom. The summed E-state index contributed by atoms with van der Waals surface area (Å²) in [4.78, 5) is 40.5. The molecular formula is C28H28ClNO7. The van der Waals surface area contributed by atoms with Crippen molar-refractivity contribution in [3.63, 3.8) is 0 Å². The molecule has 37 heavy (non-hydrogen) atoms. The second-order valence-corrected chi connectivity index (χ2v) is 9.29. The van der Waals surface area contributed by atoms with Crippen LogP contribution in [0.1, 0.15) is 42.1 Å². The van der Waals surface area contributed by atoms with Crippen LogP contribution < -0.4 is 14.8 Å². The number of hydrogen-bond acceptors (Lipinski definition) is 8. The molecule has 8 nitrogen and oxygen atoms in total. The van der Waals surface area contributed by atoms with E-state index in [1.165, 1.54) is 20.3 Å². The first-order chi connectivity index (χ1) is 17.7. The molecule has 1 heterocycles. The van der Waals surface area contributed by atoms with Crippen molar-refractivity contribution in [2.45, 2.75) is 26.2 Å². The van der Waals surface area contributed by atoms with E-state index in [2.05, 4.69) is 5.32 Å². The van der Waals surface area contributed by atoms with Crippen LogP contribution in [0, 0.1) is 11.8 Å². The summed E-state index contributed by atoms with van der Waals surface area (Å²) >= 11 is 6.23. The predicted molar refractivity (Wildman–Crippen MR) is 137 cm³/mol. The summed E-state index contributed by atoms with van der Waals surface area (Å²) in [5.74, 6) is -3.95. The Hall–Kier alpha value is -3.78. The molecule has 0 bridgehead atoms. The van der Waals surface area contributed by atoms with Gasteiger partial charge < -0.3 is 24.6 Å². The summed E-state index contributed by atoms with van der Waals surface area (Å²) in [7, 11) is 2.73. The summed E-state index contributed by atoms with van der Waals surface area (Å²) in [5, 5.41) is 13.7. The van der Waals surface area contributed by atoms with Crippen molar-refractivity contribution >= 4 is 29.1 Å². The van der Waals surface area contributed by atoms with Crippen molar-refractivity contribution in [2.75, 3.05) is 20.8 Å². The maximum Gasteiger partial charge on any atom is 0.354 e. The highest BCUT2D eigenvalue weighted by atomic mass is 35.5. The molecule has 0 saturated heterocycles. The molecule has 3 atom stereocenters. The van der Waals surface area contributed by atoms with Gasteiger partial charge in [-0.15, -0.1) is 0 Å². The van der Waals surface area contributed by atoms with Crippen LogP contribution in [0.4, 0.5) is 0 Å². The number of ether oxygens (including phenoxy) is 3. The van der Waals surface area contributed by atoms with Gasteiger partial charge in [0.2, 0.25) is 0 Å². The fourth-order valence-electron chi connectivity index (χ4n) is 4.97. The van der Waals surface area contributed by atoms with Crippen molar-refractivity contribution in [1.82, 2.24) is 5.32 Å². The maximum absolute atomic E-state index is 14.0. The highest BCUT2D eigenvalue weighted by molar-refractivity contribution is 6.34. The normalized spacial score (nSPS) is 20.9. The van der Waals surface area contributed by atoms with E-state index in [1.54, 1.807) is 19.9 Å². The molecule has 2 aromatic carbocycles. The zero-order valence-corrected chi connectivity index (χ0v) is 21.7. The molecule has 1 aliphatic carbocycles. The Bertz CT molecular complexity index is 1320. The Morgan fingerprint density at radius 3 is 2.43 bits per heavy atom. The summed E-state index contributed by atoms with van der Waals surface area (Å²) in [6.45, 7) is 3.71. The molecule has 0 saturated carbocycles. The monoisotopic (exact) mass is 525 g/mol. The number of rotatable bonds is 7. The second-order valence-electron chi connectivity index (χ2n) is 8.91. The van der Waals surface area contributed by atoms with E-state index in [9.17, 15) is 19.5 Å². The third-order valence-electron chi connectivity index (χ3n) is 6.69. The van der Waals surface area contributed by atoms with Crippen LogP contribution in [0.3, 0.4) is 0 Å². The average Bonchev–Trinajstić information content (AvgIpc) is 2.89. The molecule has 9 heteroatoms. The minimum atomic E-state index is -1.10. The van der Waals surface area contributed by atoms with Gasteiger partial charge in [0, 0.05) is 23.3 Å². The van der Waals surface area contributed by atoms with Gasteiger partial charge in [0.1, 0.15) is 27.8 Å². The summed E-state index contributed by atoms with van der Waals surface area (Å²) in [6.07, 6.45) is 1.98. The van der Waals surface area contributed by atoms with Crippen molar-refractivity contribution < 1.29 is 33.7 Å². The molecule has 0 fully saturated rings. The van der Waals surface area contributed by atoms with Crippen LogP contribution in [0.5, 0.6) is 17.2 Å². The number of aromatic hydroxyl groups is 1. The quantitative estimate of drug-likeness (QED) is 0.307. The number of halogens is 1. The number of allylic oxidation sites excluding steroid dienone is 3. The number of benzene rings is 2. The Morgan fingerprint density at radius 1 is 1.14 bits per heavy atom. The molecule has 2 aliphatic rings. The van der Waals surface area contributed by atoms with Gasteiger partial charge in [-0.25, -0.2) is 4.79 Å². The lowest BCUT2D eigenvalue weighted by molar-refractivity contribution is -0.139. The Labute approximate surface area is 219 Å². The molecule has 3 unspecified atom stereocenters. The molecule has 2 N–H and O–H groups in total. The van der Waals surface area contributed by atoms with Gasteiger partial charge >= 0.3 is 5.97 Å². The van der Waals surface area contributed by atoms with E-state index in [0.717, 1.165) is 5.56 Å². The van der Waals surface area contributed by atoms with Crippen LogP contribution in [0.25, 0.3) is 0 Å². The first kappa shape index (κ1) is 26.3. The average molecular weight is 526 g/mol. The number of ketones is 2. The van der Waals surface area contributed by atoms with E-state index < -0.39 is 41.0 Å². The highest BCUT2D eigenvalue weighted by Gasteiger charge is 2.45. The number of carbonyl (C=O) groups is 3. The number of phenolic OH excluding ortho intramolecular Hbond substituents is 1. The van der Waals surface area contributed by atoms with Gasteiger partial charge in [-0.3, -0.25) is 9.59 Å². The number of phenols is 1. The fourth-order valence-corrected chi connectivity index (χ4v) is 5.19. The summed E-state index contributed by atoms with van der Waals surface area (Å²) in [5.41, 5.74) is 1.84. The SMILES string of the molecule is CCOC(=O)C1=CC(c2ccccc2)C2=C(CC(C)C(C(=O)c3c(OC)cc(OC)c(Cl)c3O)C2=O)N1. The molecule has 0 radical (unpaired) electrons. The molecule has 194 valence electrons. The van der Waals surface area contributed by atoms with Crippen molar-refractivity contribution in [2.24, 2.45) is 11.8 Å². The summed E-state index contributed by atoms with van der Waals surface area (Å²) in [6, 6.07) is 10.7. The second kappa shape index (κ2) is 10.7. The number of hydrogen-bond donors (Lipinski definition) is 2. The van der Waals surface area contributed by atoms with Crippen molar-refractivity contribution in [1.29, 1.82) is 0 Å². The van der Waals surface area contributed by atoms with Crippen LogP contribution in [0.2, 0.25) is 5.02 Å². The van der Waals surface area contributed by atoms with Gasteiger partial charge in [0.15, 0.2) is 17.3 Å². The van der Waals surface area contributed by atoms with E-state index >= 15 is 0 Å². The number of esters is 1. The minimum absolute atomic E-state index is 0.0504. The lowest BCUT2D eigenvalue weighted by Crippen LogP contribution is -2.42. The van der Waals surface area contributed by atoms with Gasteiger partial charge in [-0.05, 0) is 30.9 Å². The van der Waals surface area contributed by atoms with Crippen LogP contribution in [-0.2, 0) is 14.3 Å². The van der Waals surface area contributed by atoms with Gasteiger partial charge in [-0.1, -0.05) is 48.9 Å². The van der Waals surface area contributed by atoms with Crippen LogP contribution in [0.15, 0.2) is 59.4 Å². The number of dihydropyridines is 1. The predicted octanol–water partition coefficient (Wildman–Crippen LogP) is 4.56. The van der Waals surface area contributed by atoms with E-state index in [4.69, 9.17) is 25.8 Å². The lowest BCUT2D eigenvalue weighted by atomic mass is 9.69. The lowest BCUT2D eigenvalue weighted by Gasteiger charge is -2.36. The highest BCUT2D eigenvalue weighted by Crippen LogP contribution is 2.47. The number of Topliss-reactive ketones (excluding diaryl/α,β-unsaturated/α-hetero) is 2. The third-order valence-corrected chi connectivity index (χ3v) is 7.06. The molecular weight excluding hydrogens is 498 g/mol. The minimum Gasteiger partial charge on any atom is -0.505 e. The molecule has 0 aromatic heterocycles. The van der Waals surface area contributed by atoms with E-state index in [0.29, 0.717) is 17.7 Å². The van der Waals surface area contributed by atoms with Gasteiger partial charge in [0.25, 0.3) is 0 Å². The zero-order valence-electron chi connectivity index (χ0n) is 21.0. The molecule has 1 aliphatic heterocycles. The number of nitrogens with one attached hydrogen (secondary N) is 1. The molecule has 4 rings (SSSR count). The number of carbonyl (C=O) groups excluding carboxylic acids is 3. The van der Waals surface area contributed by atoms with E-state index in [-0.39, 0.29) is 34.4 Å². The molecule has 2 aromatic rings. The molecule has 0 spiro atoms. The maximum atomic E-state index is 14.0.